The molecule has 1 saturated heterocycles. The molecule has 2 aliphatic rings. The quantitative estimate of drug-likeness (QED) is 0.894. The fraction of sp³-hybridized carbons (Fsp3) is 0.706. The zero-order chi connectivity index (χ0) is 15.9. The summed E-state index contributed by atoms with van der Waals surface area (Å²) in [6.07, 6.45) is 13.7. The molecule has 2 heterocycles. The molecule has 0 aromatic carbocycles. The van der Waals surface area contributed by atoms with E-state index >= 15 is 0 Å². The number of amides is 2. The van der Waals surface area contributed by atoms with E-state index in [1.165, 1.54) is 32.1 Å². The number of carbonyl (C=O) groups excluding carboxylic acids is 1. The van der Waals surface area contributed by atoms with Crippen LogP contribution >= 0.6 is 0 Å². The molecule has 3 rings (SSSR count). The monoisotopic (exact) mass is 317 g/mol. The van der Waals surface area contributed by atoms with Crippen molar-refractivity contribution in [3.05, 3.63) is 18.6 Å². The maximum Gasteiger partial charge on any atom is 0.315 e. The number of piperidine rings is 1. The van der Waals surface area contributed by atoms with Crippen LogP contribution in [0.5, 0.6) is 0 Å². The summed E-state index contributed by atoms with van der Waals surface area (Å²) >= 11 is 0. The number of urea groups is 1. The van der Waals surface area contributed by atoms with Gasteiger partial charge in [0.25, 0.3) is 0 Å². The van der Waals surface area contributed by atoms with Gasteiger partial charge in [0, 0.05) is 38.1 Å². The zero-order valence-electron chi connectivity index (χ0n) is 13.7. The Labute approximate surface area is 138 Å². The molecule has 2 amide bonds. The van der Waals surface area contributed by atoms with Crippen molar-refractivity contribution in [2.45, 2.75) is 51.0 Å². The molecule has 0 spiro atoms. The van der Waals surface area contributed by atoms with Gasteiger partial charge < -0.3 is 15.5 Å². The van der Waals surface area contributed by atoms with Crippen LogP contribution in [0, 0.1) is 5.92 Å². The molecule has 23 heavy (non-hydrogen) atoms. The molecule has 1 aromatic heterocycles. The number of hydrogen-bond acceptors (Lipinski definition) is 4. The van der Waals surface area contributed by atoms with Crippen molar-refractivity contribution in [2.24, 2.45) is 5.92 Å². The molecule has 1 aliphatic carbocycles. The summed E-state index contributed by atoms with van der Waals surface area (Å²) in [4.78, 5) is 22.8. The Bertz CT molecular complexity index is 489. The molecule has 1 unspecified atom stereocenters. The van der Waals surface area contributed by atoms with Gasteiger partial charge in [0.2, 0.25) is 0 Å². The minimum Gasteiger partial charge on any atom is -0.353 e. The van der Waals surface area contributed by atoms with Crippen LogP contribution in [0.3, 0.4) is 0 Å². The Morgan fingerprint density at radius 1 is 1.17 bits per heavy atom. The first kappa shape index (κ1) is 16.0. The molecule has 6 heteroatoms. The number of hydrogen-bond donors (Lipinski definition) is 2. The highest BCUT2D eigenvalue weighted by Crippen LogP contribution is 2.22. The second-order valence-electron chi connectivity index (χ2n) is 6.71. The number of rotatable bonds is 4. The number of carbonyl (C=O) groups is 1. The van der Waals surface area contributed by atoms with Gasteiger partial charge in [-0.05, 0) is 31.6 Å². The summed E-state index contributed by atoms with van der Waals surface area (Å²) in [5.74, 6) is 1.55. The Morgan fingerprint density at radius 3 is 2.83 bits per heavy atom. The van der Waals surface area contributed by atoms with E-state index in [0.29, 0.717) is 5.92 Å². The Hall–Kier alpha value is -1.85. The van der Waals surface area contributed by atoms with Gasteiger partial charge in [0.05, 0.1) is 6.20 Å². The molecule has 0 radical (unpaired) electrons. The standard InChI is InChI=1S/C17H27N5O/c23-17(20-11-14-5-2-1-3-6-14)21-15-7-4-10-22(13-15)16-12-18-8-9-19-16/h8-9,12,14-15H,1-7,10-11,13H2,(H2,20,21,23). The van der Waals surface area contributed by atoms with Crippen LogP contribution < -0.4 is 15.5 Å². The van der Waals surface area contributed by atoms with Crippen molar-refractivity contribution in [1.82, 2.24) is 20.6 Å². The van der Waals surface area contributed by atoms with E-state index in [2.05, 4.69) is 25.5 Å². The highest BCUT2D eigenvalue weighted by molar-refractivity contribution is 5.74. The fourth-order valence-electron chi connectivity index (χ4n) is 3.62. The fourth-order valence-corrected chi connectivity index (χ4v) is 3.62. The molecule has 2 fully saturated rings. The summed E-state index contributed by atoms with van der Waals surface area (Å²) in [6, 6.07) is 0.152. The summed E-state index contributed by atoms with van der Waals surface area (Å²) < 4.78 is 0. The predicted octanol–water partition coefficient (Wildman–Crippen LogP) is 2.32. The van der Waals surface area contributed by atoms with Crippen LogP contribution in [0.25, 0.3) is 0 Å². The molecule has 126 valence electrons. The highest BCUT2D eigenvalue weighted by atomic mass is 16.2. The number of aromatic nitrogens is 2. The molecule has 1 saturated carbocycles. The number of nitrogens with one attached hydrogen (secondary N) is 2. The summed E-state index contributed by atoms with van der Waals surface area (Å²) in [7, 11) is 0. The first-order valence-electron chi connectivity index (χ1n) is 8.86. The zero-order valence-corrected chi connectivity index (χ0v) is 13.7. The van der Waals surface area contributed by atoms with E-state index < -0.39 is 0 Å². The SMILES string of the molecule is O=C(NCC1CCCCC1)NC1CCCN(c2cnccn2)C1. The smallest absolute Gasteiger partial charge is 0.315 e. The van der Waals surface area contributed by atoms with Gasteiger partial charge in [0.15, 0.2) is 0 Å². The van der Waals surface area contributed by atoms with Crippen molar-refractivity contribution in [2.75, 3.05) is 24.5 Å². The van der Waals surface area contributed by atoms with Gasteiger partial charge in [-0.25, -0.2) is 9.78 Å². The maximum absolute atomic E-state index is 12.1. The van der Waals surface area contributed by atoms with Crippen LogP contribution in [0.2, 0.25) is 0 Å². The molecule has 1 atom stereocenters. The van der Waals surface area contributed by atoms with Crippen LogP contribution in [-0.4, -0.2) is 41.7 Å². The molecule has 0 bridgehead atoms. The Morgan fingerprint density at radius 2 is 2.04 bits per heavy atom. The van der Waals surface area contributed by atoms with E-state index in [4.69, 9.17) is 0 Å². The molecule has 6 nitrogen and oxygen atoms in total. The normalized spacial score (nSPS) is 22.6. The largest absolute Gasteiger partial charge is 0.353 e. The van der Waals surface area contributed by atoms with Crippen LogP contribution in [0.4, 0.5) is 10.6 Å². The van der Waals surface area contributed by atoms with Crippen LogP contribution in [0.15, 0.2) is 18.6 Å². The van der Waals surface area contributed by atoms with E-state index in [1.54, 1.807) is 18.6 Å². The molecule has 1 aliphatic heterocycles. The molecule has 1 aromatic rings. The first-order valence-corrected chi connectivity index (χ1v) is 8.86. The van der Waals surface area contributed by atoms with E-state index in [0.717, 1.165) is 38.3 Å². The van der Waals surface area contributed by atoms with E-state index in [9.17, 15) is 4.79 Å². The van der Waals surface area contributed by atoms with E-state index in [1.807, 2.05) is 0 Å². The molecular formula is C17H27N5O. The lowest BCUT2D eigenvalue weighted by atomic mass is 9.89. The van der Waals surface area contributed by atoms with Crippen LogP contribution in [-0.2, 0) is 0 Å². The number of nitrogens with zero attached hydrogens (tertiary/aromatic N) is 3. The van der Waals surface area contributed by atoms with Crippen molar-refractivity contribution in [1.29, 1.82) is 0 Å². The second-order valence-corrected chi connectivity index (χ2v) is 6.71. The number of anilines is 1. The Kier molecular flexibility index (Phi) is 5.66. The Balaban J connectivity index is 1.43. The van der Waals surface area contributed by atoms with Gasteiger partial charge in [-0.2, -0.15) is 0 Å². The minimum atomic E-state index is -0.0263. The predicted molar refractivity (Wildman–Crippen MR) is 90.4 cm³/mol. The second kappa shape index (κ2) is 8.13. The van der Waals surface area contributed by atoms with Crippen molar-refractivity contribution < 1.29 is 4.79 Å². The third-order valence-corrected chi connectivity index (χ3v) is 4.91. The highest BCUT2D eigenvalue weighted by Gasteiger charge is 2.22. The van der Waals surface area contributed by atoms with Crippen molar-refractivity contribution in [3.8, 4) is 0 Å². The maximum atomic E-state index is 12.1. The average molecular weight is 317 g/mol. The minimum absolute atomic E-state index is 0.0263. The third kappa shape index (κ3) is 4.81. The summed E-state index contributed by atoms with van der Waals surface area (Å²) in [5, 5.41) is 6.18. The topological polar surface area (TPSA) is 70.2 Å². The van der Waals surface area contributed by atoms with E-state index in [-0.39, 0.29) is 12.1 Å². The van der Waals surface area contributed by atoms with Gasteiger partial charge in [-0.15, -0.1) is 0 Å². The molecule has 2 N–H and O–H groups in total. The molecular weight excluding hydrogens is 290 g/mol. The lowest BCUT2D eigenvalue weighted by Crippen LogP contribution is -2.51. The average Bonchev–Trinajstić information content (AvgIpc) is 2.62. The van der Waals surface area contributed by atoms with Crippen molar-refractivity contribution >= 4 is 11.8 Å². The van der Waals surface area contributed by atoms with Crippen LogP contribution in [0.1, 0.15) is 44.9 Å². The van der Waals surface area contributed by atoms with Gasteiger partial charge in [0.1, 0.15) is 5.82 Å². The summed E-state index contributed by atoms with van der Waals surface area (Å²) in [5.41, 5.74) is 0. The van der Waals surface area contributed by atoms with Crippen molar-refractivity contribution in [3.63, 3.8) is 0 Å². The lowest BCUT2D eigenvalue weighted by molar-refractivity contribution is 0.230. The van der Waals surface area contributed by atoms with Gasteiger partial charge in [-0.3, -0.25) is 4.98 Å². The first-order chi connectivity index (χ1) is 11.3. The lowest BCUT2D eigenvalue weighted by Gasteiger charge is -2.33. The van der Waals surface area contributed by atoms with Gasteiger partial charge >= 0.3 is 6.03 Å². The summed E-state index contributed by atoms with van der Waals surface area (Å²) in [6.45, 7) is 2.59. The third-order valence-electron chi connectivity index (χ3n) is 4.91. The van der Waals surface area contributed by atoms with Gasteiger partial charge in [-0.1, -0.05) is 19.3 Å².